The topological polar surface area (TPSA) is 74.7 Å². The van der Waals surface area contributed by atoms with Crippen molar-refractivity contribution in [2.24, 2.45) is 0 Å². The zero-order chi connectivity index (χ0) is 14.9. The van der Waals surface area contributed by atoms with Crippen LogP contribution in [0, 0.1) is 5.82 Å². The Kier molecular flexibility index (Phi) is 4.31. The fourth-order valence-corrected chi connectivity index (χ4v) is 4.11. The second-order valence-corrected chi connectivity index (χ2v) is 6.84. The van der Waals surface area contributed by atoms with E-state index in [0.29, 0.717) is 12.8 Å². The smallest absolute Gasteiger partial charge is 0.322 e. The lowest BCUT2D eigenvalue weighted by Gasteiger charge is -2.31. The van der Waals surface area contributed by atoms with Crippen LogP contribution in [0.4, 0.5) is 4.39 Å². The minimum absolute atomic E-state index is 0.0708. The molecular formula is C12H13ClFNO4S. The number of piperidine rings is 1. The van der Waals surface area contributed by atoms with Crippen LogP contribution in [0.5, 0.6) is 0 Å². The first-order chi connectivity index (χ1) is 9.34. The van der Waals surface area contributed by atoms with Gasteiger partial charge in [-0.3, -0.25) is 4.79 Å². The molecule has 8 heteroatoms. The molecule has 20 heavy (non-hydrogen) atoms. The van der Waals surface area contributed by atoms with Crippen molar-refractivity contribution >= 4 is 27.6 Å². The average molecular weight is 322 g/mol. The molecule has 1 saturated heterocycles. The summed E-state index contributed by atoms with van der Waals surface area (Å²) in [5, 5.41) is 9.19. The van der Waals surface area contributed by atoms with Gasteiger partial charge in [0.2, 0.25) is 10.0 Å². The second kappa shape index (κ2) is 5.67. The molecule has 1 aromatic carbocycles. The van der Waals surface area contributed by atoms with E-state index in [-0.39, 0.29) is 18.0 Å². The van der Waals surface area contributed by atoms with Crippen LogP contribution in [0.3, 0.4) is 0 Å². The first-order valence-electron chi connectivity index (χ1n) is 6.04. The number of halogens is 2. The molecule has 1 aliphatic rings. The molecule has 2 rings (SSSR count). The van der Waals surface area contributed by atoms with Gasteiger partial charge >= 0.3 is 5.97 Å². The Balaban J connectivity index is 2.45. The number of carbonyl (C=O) groups is 1. The fourth-order valence-electron chi connectivity index (χ4n) is 2.25. The molecule has 1 heterocycles. The molecule has 110 valence electrons. The summed E-state index contributed by atoms with van der Waals surface area (Å²) in [5.41, 5.74) is 0. The summed E-state index contributed by atoms with van der Waals surface area (Å²) in [6.07, 6.45) is 1.41. The number of carboxylic acid groups (broad SMARTS) is 1. The van der Waals surface area contributed by atoms with Crippen molar-refractivity contribution in [3.05, 3.63) is 29.0 Å². The monoisotopic (exact) mass is 321 g/mol. The predicted molar refractivity (Wildman–Crippen MR) is 70.6 cm³/mol. The number of hydrogen-bond acceptors (Lipinski definition) is 3. The van der Waals surface area contributed by atoms with E-state index in [1.165, 1.54) is 6.07 Å². The zero-order valence-corrected chi connectivity index (χ0v) is 12.0. The SMILES string of the molecule is O=C(O)[C@@H]1CCCCN1S(=O)(=O)c1ccc(Cl)cc1F. The highest BCUT2D eigenvalue weighted by Crippen LogP contribution is 2.28. The molecule has 0 unspecified atom stereocenters. The van der Waals surface area contributed by atoms with Crippen LogP contribution < -0.4 is 0 Å². The maximum absolute atomic E-state index is 13.8. The molecule has 1 aliphatic heterocycles. The van der Waals surface area contributed by atoms with Gasteiger partial charge < -0.3 is 5.11 Å². The van der Waals surface area contributed by atoms with Crippen LogP contribution in [-0.2, 0) is 14.8 Å². The van der Waals surface area contributed by atoms with Gasteiger partial charge in [-0.15, -0.1) is 0 Å². The number of rotatable bonds is 3. The summed E-state index contributed by atoms with van der Waals surface area (Å²) in [5.74, 6) is -2.20. The second-order valence-electron chi connectivity index (χ2n) is 4.54. The van der Waals surface area contributed by atoms with Crippen LogP contribution in [0.15, 0.2) is 23.1 Å². The van der Waals surface area contributed by atoms with Crippen molar-refractivity contribution in [3.63, 3.8) is 0 Å². The minimum atomic E-state index is -4.18. The molecule has 0 aliphatic carbocycles. The van der Waals surface area contributed by atoms with Crippen molar-refractivity contribution in [2.75, 3.05) is 6.54 Å². The highest BCUT2D eigenvalue weighted by Gasteiger charge is 2.38. The van der Waals surface area contributed by atoms with E-state index in [1.807, 2.05) is 0 Å². The lowest BCUT2D eigenvalue weighted by atomic mass is 10.1. The molecule has 0 radical (unpaired) electrons. The molecule has 0 amide bonds. The van der Waals surface area contributed by atoms with E-state index >= 15 is 0 Å². The van der Waals surface area contributed by atoms with E-state index in [0.717, 1.165) is 16.4 Å². The quantitative estimate of drug-likeness (QED) is 0.925. The standard InChI is InChI=1S/C12H13ClFNO4S/c13-8-4-5-11(9(14)7-8)20(18,19)15-6-2-1-3-10(15)12(16)17/h4-5,7,10H,1-3,6H2,(H,16,17)/t10-/m0/s1. The summed E-state index contributed by atoms with van der Waals surface area (Å²) < 4.78 is 39.5. The van der Waals surface area contributed by atoms with Gasteiger partial charge in [-0.1, -0.05) is 11.6 Å². The molecule has 0 spiro atoms. The van der Waals surface area contributed by atoms with Crippen LogP contribution in [-0.4, -0.2) is 36.4 Å². The van der Waals surface area contributed by atoms with E-state index in [1.54, 1.807) is 0 Å². The van der Waals surface area contributed by atoms with Gasteiger partial charge in [-0.25, -0.2) is 12.8 Å². The van der Waals surface area contributed by atoms with Crippen molar-refractivity contribution in [1.82, 2.24) is 4.31 Å². The van der Waals surface area contributed by atoms with Crippen molar-refractivity contribution in [2.45, 2.75) is 30.2 Å². The van der Waals surface area contributed by atoms with E-state index in [4.69, 9.17) is 16.7 Å². The van der Waals surface area contributed by atoms with Gasteiger partial charge in [0.25, 0.3) is 0 Å². The van der Waals surface area contributed by atoms with Crippen LogP contribution >= 0.6 is 11.6 Å². The highest BCUT2D eigenvalue weighted by molar-refractivity contribution is 7.89. The predicted octanol–water partition coefficient (Wildman–Crippen LogP) is 2.11. The molecule has 0 bridgehead atoms. The Labute approximate surface area is 121 Å². The van der Waals surface area contributed by atoms with Gasteiger partial charge in [-0.2, -0.15) is 4.31 Å². The van der Waals surface area contributed by atoms with Gasteiger partial charge in [0.15, 0.2) is 0 Å². The number of aliphatic carboxylic acids is 1. The third kappa shape index (κ3) is 2.79. The van der Waals surface area contributed by atoms with Crippen LogP contribution in [0.1, 0.15) is 19.3 Å². The Bertz CT molecular complexity index is 634. The Morgan fingerprint density at radius 3 is 2.70 bits per heavy atom. The number of nitrogens with zero attached hydrogens (tertiary/aromatic N) is 1. The van der Waals surface area contributed by atoms with Crippen LogP contribution in [0.25, 0.3) is 0 Å². The van der Waals surface area contributed by atoms with E-state index in [2.05, 4.69) is 0 Å². The van der Waals surface area contributed by atoms with Crippen molar-refractivity contribution < 1.29 is 22.7 Å². The van der Waals surface area contributed by atoms with Gasteiger partial charge in [0.1, 0.15) is 16.8 Å². The van der Waals surface area contributed by atoms with E-state index in [9.17, 15) is 17.6 Å². The Hall–Kier alpha value is -1.18. The normalized spacial score (nSPS) is 20.8. The molecule has 0 saturated carbocycles. The molecule has 1 N–H and O–H groups in total. The Morgan fingerprint density at radius 1 is 1.40 bits per heavy atom. The molecule has 1 aromatic rings. The molecule has 0 aromatic heterocycles. The molecule has 5 nitrogen and oxygen atoms in total. The summed E-state index contributed by atoms with van der Waals surface area (Å²) in [6, 6.07) is 2.06. The largest absolute Gasteiger partial charge is 0.480 e. The number of carboxylic acids is 1. The summed E-state index contributed by atoms with van der Waals surface area (Å²) in [4.78, 5) is 10.6. The third-order valence-electron chi connectivity index (χ3n) is 3.22. The van der Waals surface area contributed by atoms with Gasteiger partial charge in [0, 0.05) is 11.6 Å². The first kappa shape index (κ1) is 15.2. The minimum Gasteiger partial charge on any atom is -0.480 e. The maximum atomic E-state index is 13.8. The summed E-state index contributed by atoms with van der Waals surface area (Å²) in [6.45, 7) is 0.0708. The Morgan fingerprint density at radius 2 is 2.10 bits per heavy atom. The fraction of sp³-hybridized carbons (Fsp3) is 0.417. The van der Waals surface area contributed by atoms with E-state index < -0.39 is 32.7 Å². The highest BCUT2D eigenvalue weighted by atomic mass is 35.5. The van der Waals surface area contributed by atoms with Gasteiger partial charge in [-0.05, 0) is 37.5 Å². The maximum Gasteiger partial charge on any atom is 0.322 e. The lowest BCUT2D eigenvalue weighted by Crippen LogP contribution is -2.48. The number of hydrogen-bond donors (Lipinski definition) is 1. The molecule has 1 atom stereocenters. The van der Waals surface area contributed by atoms with Crippen LogP contribution in [0.2, 0.25) is 5.02 Å². The first-order valence-corrected chi connectivity index (χ1v) is 7.85. The summed E-state index contributed by atoms with van der Waals surface area (Å²) in [7, 11) is -4.18. The molecule has 1 fully saturated rings. The number of benzene rings is 1. The zero-order valence-electron chi connectivity index (χ0n) is 10.4. The molecular weight excluding hydrogens is 309 g/mol. The lowest BCUT2D eigenvalue weighted by molar-refractivity contribution is -0.142. The summed E-state index contributed by atoms with van der Waals surface area (Å²) >= 11 is 5.59. The third-order valence-corrected chi connectivity index (χ3v) is 5.40. The van der Waals surface area contributed by atoms with Crippen molar-refractivity contribution in [3.8, 4) is 0 Å². The number of sulfonamides is 1. The van der Waals surface area contributed by atoms with Gasteiger partial charge in [0.05, 0.1) is 0 Å². The van der Waals surface area contributed by atoms with Crippen molar-refractivity contribution in [1.29, 1.82) is 0 Å². The average Bonchev–Trinajstić information content (AvgIpc) is 2.38.